The van der Waals surface area contributed by atoms with Gasteiger partial charge in [-0.15, -0.1) is 0 Å². The maximum absolute atomic E-state index is 13.3. The van der Waals surface area contributed by atoms with E-state index in [-0.39, 0.29) is 31.3 Å². The van der Waals surface area contributed by atoms with Crippen molar-refractivity contribution < 1.29 is 19.1 Å². The van der Waals surface area contributed by atoms with Crippen LogP contribution in [0.1, 0.15) is 37.6 Å². The van der Waals surface area contributed by atoms with Crippen LogP contribution < -0.4 is 16.2 Å². The van der Waals surface area contributed by atoms with Crippen molar-refractivity contribution in [1.29, 1.82) is 0 Å². The van der Waals surface area contributed by atoms with Gasteiger partial charge in [-0.05, 0) is 57.4 Å². The van der Waals surface area contributed by atoms with Crippen molar-refractivity contribution in [2.24, 2.45) is 0 Å². The van der Waals surface area contributed by atoms with E-state index in [1.807, 2.05) is 60.7 Å². The Morgan fingerprint density at radius 3 is 2.16 bits per heavy atom. The van der Waals surface area contributed by atoms with Crippen LogP contribution in [0.15, 0.2) is 77.6 Å². The van der Waals surface area contributed by atoms with Gasteiger partial charge in [0.2, 0.25) is 0 Å². The van der Waals surface area contributed by atoms with Crippen LogP contribution in [0.25, 0.3) is 0 Å². The monoisotopic (exact) mass is 505 g/mol. The summed E-state index contributed by atoms with van der Waals surface area (Å²) in [5.41, 5.74) is 1.92. The number of carbonyl (C=O) groups is 2. The Morgan fingerprint density at radius 1 is 0.919 bits per heavy atom. The van der Waals surface area contributed by atoms with Crippen LogP contribution in [0.5, 0.6) is 0 Å². The van der Waals surface area contributed by atoms with E-state index in [2.05, 4.69) is 10.6 Å². The molecule has 8 nitrogen and oxygen atoms in total. The Morgan fingerprint density at radius 2 is 1.54 bits per heavy atom. The third-order valence-electron chi connectivity index (χ3n) is 5.49. The van der Waals surface area contributed by atoms with Gasteiger partial charge in [0, 0.05) is 18.3 Å². The van der Waals surface area contributed by atoms with E-state index in [0.717, 1.165) is 11.1 Å². The van der Waals surface area contributed by atoms with E-state index in [9.17, 15) is 14.4 Å². The van der Waals surface area contributed by atoms with Crippen LogP contribution >= 0.6 is 0 Å². The number of aryl methyl sites for hydroxylation is 1. The van der Waals surface area contributed by atoms with E-state index >= 15 is 0 Å². The van der Waals surface area contributed by atoms with Gasteiger partial charge >= 0.3 is 12.1 Å². The molecule has 0 saturated heterocycles. The molecule has 196 valence electrons. The molecule has 8 heteroatoms. The number of hydrogen-bond donors (Lipinski definition) is 2. The van der Waals surface area contributed by atoms with Crippen molar-refractivity contribution in [3.05, 3.63) is 100.0 Å². The van der Waals surface area contributed by atoms with Crippen molar-refractivity contribution in [2.75, 3.05) is 11.9 Å². The van der Waals surface area contributed by atoms with E-state index in [1.165, 1.54) is 4.57 Å². The molecule has 0 spiro atoms. The summed E-state index contributed by atoms with van der Waals surface area (Å²) in [7, 11) is 0. The lowest BCUT2D eigenvalue weighted by atomic mass is 10.1. The molecule has 1 atom stereocenters. The normalized spacial score (nSPS) is 11.9. The molecule has 0 saturated carbocycles. The summed E-state index contributed by atoms with van der Waals surface area (Å²) in [5, 5.41) is 6.05. The molecule has 0 fully saturated rings. The van der Waals surface area contributed by atoms with E-state index in [0.29, 0.717) is 17.8 Å². The number of carbonyl (C=O) groups excluding carboxylic acids is 2. The summed E-state index contributed by atoms with van der Waals surface area (Å²) in [5.74, 6) is -0.487. The van der Waals surface area contributed by atoms with Gasteiger partial charge in [-0.25, -0.2) is 4.79 Å². The average molecular weight is 506 g/mol. The third-order valence-corrected chi connectivity index (χ3v) is 5.49. The molecule has 2 aromatic carbocycles. The van der Waals surface area contributed by atoms with Crippen molar-refractivity contribution in [1.82, 2.24) is 9.88 Å². The van der Waals surface area contributed by atoms with E-state index in [4.69, 9.17) is 9.47 Å². The maximum atomic E-state index is 13.3. The lowest BCUT2D eigenvalue weighted by molar-refractivity contribution is -0.155. The highest BCUT2D eigenvalue weighted by Gasteiger charge is 2.20. The first-order valence-corrected chi connectivity index (χ1v) is 12.3. The molecule has 3 aromatic rings. The van der Waals surface area contributed by atoms with Crippen molar-refractivity contribution in [3.63, 3.8) is 0 Å². The summed E-state index contributed by atoms with van der Waals surface area (Å²) in [6.07, 6.45) is 0.00841. The molecule has 0 bridgehead atoms. The first-order valence-electron chi connectivity index (χ1n) is 12.3. The number of nitrogens with zero attached hydrogens (tertiary/aromatic N) is 1. The summed E-state index contributed by atoms with van der Waals surface area (Å²) >= 11 is 0. The topological polar surface area (TPSA) is 98.7 Å². The SMILES string of the molecule is Cc1ccc(NC(CNC(=O)OCc2ccccc2)Cc2ccccc2)c(=O)n1CC(=O)OC(C)(C)C. The minimum Gasteiger partial charge on any atom is -0.459 e. The largest absolute Gasteiger partial charge is 0.459 e. The molecular weight excluding hydrogens is 470 g/mol. The first kappa shape index (κ1) is 27.5. The van der Waals surface area contributed by atoms with E-state index in [1.54, 1.807) is 39.8 Å². The summed E-state index contributed by atoms with van der Waals surface area (Å²) in [6.45, 7) is 7.31. The molecule has 37 heavy (non-hydrogen) atoms. The first-order chi connectivity index (χ1) is 17.6. The average Bonchev–Trinajstić information content (AvgIpc) is 2.85. The van der Waals surface area contributed by atoms with Crippen LogP contribution in [0.3, 0.4) is 0 Å². The van der Waals surface area contributed by atoms with Crippen LogP contribution in [-0.4, -0.2) is 34.8 Å². The Hall–Kier alpha value is -4.07. The van der Waals surface area contributed by atoms with Gasteiger partial charge in [0.1, 0.15) is 24.4 Å². The molecule has 1 amide bonds. The number of benzene rings is 2. The third kappa shape index (κ3) is 9.14. The zero-order valence-corrected chi connectivity index (χ0v) is 21.8. The molecule has 1 unspecified atom stereocenters. The van der Waals surface area contributed by atoms with Crippen molar-refractivity contribution >= 4 is 17.7 Å². The number of anilines is 1. The smallest absolute Gasteiger partial charge is 0.407 e. The molecule has 2 N–H and O–H groups in total. The number of amides is 1. The number of hydrogen-bond acceptors (Lipinski definition) is 6. The zero-order valence-electron chi connectivity index (χ0n) is 21.8. The number of aromatic nitrogens is 1. The molecule has 0 aliphatic carbocycles. The summed E-state index contributed by atoms with van der Waals surface area (Å²) in [4.78, 5) is 38.0. The molecule has 3 rings (SSSR count). The van der Waals surface area contributed by atoms with Gasteiger partial charge < -0.3 is 20.1 Å². The second-order valence-corrected chi connectivity index (χ2v) is 9.84. The van der Waals surface area contributed by atoms with Gasteiger partial charge in [-0.1, -0.05) is 60.7 Å². The second-order valence-electron chi connectivity index (χ2n) is 9.84. The summed E-state index contributed by atoms with van der Waals surface area (Å²) in [6, 6.07) is 22.4. The van der Waals surface area contributed by atoms with Gasteiger partial charge in [-0.3, -0.25) is 14.2 Å². The van der Waals surface area contributed by atoms with Gasteiger partial charge in [-0.2, -0.15) is 0 Å². The molecule has 0 aliphatic rings. The number of nitrogens with one attached hydrogen (secondary N) is 2. The van der Waals surface area contributed by atoms with Crippen molar-refractivity contribution in [2.45, 2.75) is 58.9 Å². The Labute approximate surface area is 217 Å². The highest BCUT2D eigenvalue weighted by Crippen LogP contribution is 2.12. The minimum atomic E-state index is -0.647. The lowest BCUT2D eigenvalue weighted by Crippen LogP contribution is -2.40. The quantitative estimate of drug-likeness (QED) is 0.395. The van der Waals surface area contributed by atoms with Crippen LogP contribution in [0.2, 0.25) is 0 Å². The van der Waals surface area contributed by atoms with Gasteiger partial charge in [0.25, 0.3) is 5.56 Å². The number of alkyl carbamates (subject to hydrolysis) is 1. The fourth-order valence-corrected chi connectivity index (χ4v) is 3.75. The van der Waals surface area contributed by atoms with Crippen LogP contribution in [-0.2, 0) is 33.8 Å². The molecule has 1 heterocycles. The standard InChI is InChI=1S/C29H35N3O5/c1-21-15-16-25(27(34)32(21)19-26(33)37-29(2,3)4)31-24(17-22-11-7-5-8-12-22)18-30-28(35)36-20-23-13-9-6-10-14-23/h5-16,24,31H,17-20H2,1-4H3,(H,30,35). The zero-order chi connectivity index (χ0) is 26.8. The number of esters is 1. The van der Waals surface area contributed by atoms with Crippen LogP contribution in [0.4, 0.5) is 10.5 Å². The lowest BCUT2D eigenvalue weighted by Gasteiger charge is -2.22. The van der Waals surface area contributed by atoms with Crippen molar-refractivity contribution in [3.8, 4) is 0 Å². The summed E-state index contributed by atoms with van der Waals surface area (Å²) < 4.78 is 12.1. The Balaban J connectivity index is 1.71. The van der Waals surface area contributed by atoms with Crippen LogP contribution in [0, 0.1) is 6.92 Å². The minimum absolute atomic E-state index is 0.163. The molecular formula is C29H35N3O5. The Kier molecular flexibility index (Phi) is 9.49. The highest BCUT2D eigenvalue weighted by molar-refractivity contribution is 5.70. The molecule has 0 radical (unpaired) electrons. The van der Waals surface area contributed by atoms with Gasteiger partial charge in [0.05, 0.1) is 0 Å². The Bertz CT molecular complexity index is 1230. The number of pyridine rings is 1. The second kappa shape index (κ2) is 12.8. The predicted octanol–water partition coefficient (Wildman–Crippen LogP) is 4.45. The molecule has 0 aliphatic heterocycles. The van der Waals surface area contributed by atoms with Gasteiger partial charge in [0.15, 0.2) is 0 Å². The predicted molar refractivity (Wildman–Crippen MR) is 143 cm³/mol. The highest BCUT2D eigenvalue weighted by atomic mass is 16.6. The molecule has 1 aromatic heterocycles. The fourth-order valence-electron chi connectivity index (χ4n) is 3.75. The maximum Gasteiger partial charge on any atom is 0.407 e. The fraction of sp³-hybridized carbons (Fsp3) is 0.345. The number of ether oxygens (including phenoxy) is 2. The number of rotatable bonds is 10. The van der Waals surface area contributed by atoms with E-state index < -0.39 is 17.7 Å².